The van der Waals surface area contributed by atoms with E-state index in [4.69, 9.17) is 19.7 Å². The first-order valence-corrected chi connectivity index (χ1v) is 17.5. The topological polar surface area (TPSA) is 211 Å². The number of rotatable bonds is 16. The molecule has 2 heterocycles. The van der Waals surface area contributed by atoms with E-state index in [1.165, 1.54) is 99.0 Å². The Kier molecular flexibility index (Phi) is 14.0. The molecule has 0 aliphatic rings. The maximum absolute atomic E-state index is 12.3. The Morgan fingerprint density at radius 2 is 0.958 bits per heavy atom. The maximum Gasteiger partial charge on any atom is 0.263 e. The van der Waals surface area contributed by atoms with E-state index in [9.17, 15) is 26.4 Å². The van der Waals surface area contributed by atoms with Crippen LogP contribution >= 0.6 is 0 Å². The molecule has 48 heavy (non-hydrogen) atoms. The summed E-state index contributed by atoms with van der Waals surface area (Å²) in [6.45, 7) is 3.59. The van der Waals surface area contributed by atoms with Crippen LogP contribution in [0.15, 0.2) is 95.0 Å². The normalized spacial score (nSPS) is 11.1. The SMILES string of the molecule is CC(=O)c1ccc(NS(=O)(=O)c2ccc(OCCCO)cc2)nc1.CC(=O)c1ccc(NS(=O)(=O)c2ccc(OCCCO)cc2)nc1. The van der Waals surface area contributed by atoms with Crippen molar-refractivity contribution in [1.82, 2.24) is 9.97 Å². The molecule has 0 amide bonds. The van der Waals surface area contributed by atoms with Gasteiger partial charge < -0.3 is 19.7 Å². The first kappa shape index (κ1) is 37.6. The fraction of sp³-hybridized carbons (Fsp3) is 0.250. The fourth-order valence-electron chi connectivity index (χ4n) is 3.66. The van der Waals surface area contributed by atoms with Gasteiger partial charge >= 0.3 is 0 Å². The van der Waals surface area contributed by atoms with Gasteiger partial charge in [0.25, 0.3) is 20.0 Å². The van der Waals surface area contributed by atoms with Crippen LogP contribution in [0.25, 0.3) is 0 Å². The number of nitrogens with one attached hydrogen (secondary N) is 2. The van der Waals surface area contributed by atoms with Crippen molar-refractivity contribution < 1.29 is 46.1 Å². The van der Waals surface area contributed by atoms with Crippen molar-refractivity contribution in [1.29, 1.82) is 0 Å². The molecule has 0 fully saturated rings. The van der Waals surface area contributed by atoms with Crippen LogP contribution in [-0.2, 0) is 20.0 Å². The van der Waals surface area contributed by atoms with E-state index in [-0.39, 0.29) is 46.2 Å². The largest absolute Gasteiger partial charge is 0.494 e. The van der Waals surface area contributed by atoms with Crippen molar-refractivity contribution in [2.24, 2.45) is 0 Å². The Morgan fingerprint density at radius 3 is 1.23 bits per heavy atom. The molecular formula is C32H36N4O10S2. The predicted octanol–water partition coefficient (Wildman–Crippen LogP) is 3.69. The van der Waals surface area contributed by atoms with Crippen LogP contribution in [0.3, 0.4) is 0 Å². The number of Topliss-reactive ketones (excluding diaryl/α,β-unsaturated/α-hetero) is 2. The lowest BCUT2D eigenvalue weighted by atomic mass is 10.2. The number of carbonyl (C=O) groups is 2. The molecule has 0 aliphatic carbocycles. The molecule has 256 valence electrons. The highest BCUT2D eigenvalue weighted by atomic mass is 32.2. The third-order valence-corrected chi connectivity index (χ3v) is 8.97. The minimum Gasteiger partial charge on any atom is -0.494 e. The summed E-state index contributed by atoms with van der Waals surface area (Å²) < 4.78 is 64.6. The quantitative estimate of drug-likeness (QED) is 0.0974. The van der Waals surface area contributed by atoms with E-state index in [0.29, 0.717) is 48.7 Å². The molecule has 2 aromatic heterocycles. The number of benzene rings is 2. The van der Waals surface area contributed by atoms with Crippen LogP contribution in [0.2, 0.25) is 0 Å². The van der Waals surface area contributed by atoms with Crippen molar-refractivity contribution in [3.63, 3.8) is 0 Å². The van der Waals surface area contributed by atoms with Crippen LogP contribution in [0.5, 0.6) is 11.5 Å². The first-order valence-electron chi connectivity index (χ1n) is 14.5. The lowest BCUT2D eigenvalue weighted by Crippen LogP contribution is -2.14. The molecule has 14 nitrogen and oxygen atoms in total. The Balaban J connectivity index is 0.000000260. The molecule has 0 aliphatic heterocycles. The number of ether oxygens (including phenoxy) is 2. The van der Waals surface area contributed by atoms with Gasteiger partial charge in [-0.2, -0.15) is 0 Å². The molecule has 0 bridgehead atoms. The van der Waals surface area contributed by atoms with Crippen LogP contribution in [0.1, 0.15) is 47.4 Å². The number of anilines is 2. The number of aliphatic hydroxyl groups is 2. The summed E-state index contributed by atoms with van der Waals surface area (Å²) in [6.07, 6.45) is 3.64. The molecule has 4 rings (SSSR count). The molecule has 16 heteroatoms. The van der Waals surface area contributed by atoms with Crippen molar-refractivity contribution in [2.45, 2.75) is 36.5 Å². The number of aliphatic hydroxyl groups excluding tert-OH is 2. The highest BCUT2D eigenvalue weighted by Crippen LogP contribution is 2.20. The number of ketones is 2. The van der Waals surface area contributed by atoms with Crippen LogP contribution in [-0.4, -0.2) is 75.0 Å². The van der Waals surface area contributed by atoms with Gasteiger partial charge in [-0.05, 0) is 86.6 Å². The predicted molar refractivity (Wildman–Crippen MR) is 177 cm³/mol. The lowest BCUT2D eigenvalue weighted by Gasteiger charge is -2.09. The molecule has 0 spiro atoms. The monoisotopic (exact) mass is 700 g/mol. The standard InChI is InChI=1S/2C16H18N2O5S/c2*1-12(20)13-3-8-16(17-11-13)18-24(21,22)15-6-4-14(5-7-15)23-10-2-9-19/h2*3-8,11,19H,2,9-10H2,1H3,(H,17,18). The van der Waals surface area contributed by atoms with Gasteiger partial charge in [0.2, 0.25) is 0 Å². The van der Waals surface area contributed by atoms with Gasteiger partial charge in [-0.1, -0.05) is 0 Å². The van der Waals surface area contributed by atoms with Gasteiger partial charge in [-0.25, -0.2) is 26.8 Å². The third-order valence-electron chi connectivity index (χ3n) is 6.23. The highest BCUT2D eigenvalue weighted by molar-refractivity contribution is 7.93. The minimum absolute atomic E-state index is 0.0335. The van der Waals surface area contributed by atoms with Crippen LogP contribution < -0.4 is 18.9 Å². The van der Waals surface area contributed by atoms with Crippen molar-refractivity contribution in [2.75, 3.05) is 35.9 Å². The van der Waals surface area contributed by atoms with Crippen molar-refractivity contribution in [3.8, 4) is 11.5 Å². The molecule has 0 unspecified atom stereocenters. The highest BCUT2D eigenvalue weighted by Gasteiger charge is 2.16. The number of pyridine rings is 2. The van der Waals surface area contributed by atoms with Gasteiger partial charge in [0.1, 0.15) is 23.1 Å². The smallest absolute Gasteiger partial charge is 0.263 e. The summed E-state index contributed by atoms with van der Waals surface area (Å²) >= 11 is 0. The Morgan fingerprint density at radius 1 is 0.604 bits per heavy atom. The van der Waals surface area contributed by atoms with E-state index < -0.39 is 20.0 Å². The van der Waals surface area contributed by atoms with Crippen LogP contribution in [0.4, 0.5) is 11.6 Å². The van der Waals surface area contributed by atoms with Crippen molar-refractivity contribution in [3.05, 3.63) is 96.3 Å². The number of hydrogen-bond donors (Lipinski definition) is 4. The van der Waals surface area contributed by atoms with E-state index in [1.807, 2.05) is 0 Å². The minimum atomic E-state index is -3.78. The average Bonchev–Trinajstić information content (AvgIpc) is 3.06. The molecule has 0 atom stereocenters. The fourth-order valence-corrected chi connectivity index (χ4v) is 5.67. The molecule has 0 radical (unpaired) electrons. The average molecular weight is 701 g/mol. The second-order valence-electron chi connectivity index (χ2n) is 9.98. The summed E-state index contributed by atoms with van der Waals surface area (Å²) in [5.41, 5.74) is 0.810. The molecule has 4 N–H and O–H groups in total. The number of sulfonamides is 2. The van der Waals surface area contributed by atoms with E-state index in [0.717, 1.165) is 0 Å². The Bertz CT molecular complexity index is 1710. The zero-order valence-corrected chi connectivity index (χ0v) is 27.8. The zero-order valence-electron chi connectivity index (χ0n) is 26.2. The molecule has 4 aromatic rings. The van der Waals surface area contributed by atoms with Gasteiger partial charge in [0.15, 0.2) is 11.6 Å². The summed E-state index contributed by atoms with van der Waals surface area (Å²) in [5, 5.41) is 17.4. The Labute approximate surface area is 278 Å². The van der Waals surface area contributed by atoms with Gasteiger partial charge in [0, 0.05) is 49.6 Å². The number of hydrogen-bond acceptors (Lipinski definition) is 12. The molecule has 0 saturated heterocycles. The van der Waals surface area contributed by atoms with Gasteiger partial charge in [-0.3, -0.25) is 19.0 Å². The lowest BCUT2D eigenvalue weighted by molar-refractivity contribution is 0.100. The number of aromatic nitrogens is 2. The van der Waals surface area contributed by atoms with E-state index >= 15 is 0 Å². The maximum atomic E-state index is 12.3. The summed E-state index contributed by atoms with van der Waals surface area (Å²) in [4.78, 5) is 30.3. The molecule has 2 aromatic carbocycles. The van der Waals surface area contributed by atoms with Crippen molar-refractivity contribution >= 4 is 43.2 Å². The number of nitrogens with zero attached hydrogens (tertiary/aromatic N) is 2. The molecular weight excluding hydrogens is 665 g/mol. The van der Waals surface area contributed by atoms with Crippen LogP contribution in [0, 0.1) is 0 Å². The summed E-state index contributed by atoms with van der Waals surface area (Å²) in [6, 6.07) is 17.7. The Hall–Kier alpha value is -4.90. The second-order valence-corrected chi connectivity index (χ2v) is 13.3. The van der Waals surface area contributed by atoms with E-state index in [1.54, 1.807) is 0 Å². The molecule has 0 saturated carbocycles. The van der Waals surface area contributed by atoms with Gasteiger partial charge in [-0.15, -0.1) is 0 Å². The number of carbonyl (C=O) groups excluding carboxylic acids is 2. The summed E-state index contributed by atoms with van der Waals surface area (Å²) in [7, 11) is -7.56. The zero-order chi connectivity index (χ0) is 35.2. The first-order chi connectivity index (χ1) is 22.8. The van der Waals surface area contributed by atoms with Gasteiger partial charge in [0.05, 0.1) is 23.0 Å². The van der Waals surface area contributed by atoms with E-state index in [2.05, 4.69) is 19.4 Å². The second kappa shape index (κ2) is 17.9. The third kappa shape index (κ3) is 11.7. The summed E-state index contributed by atoms with van der Waals surface area (Å²) in [5.74, 6) is 1.01.